The van der Waals surface area contributed by atoms with Crippen LogP contribution < -0.4 is 4.74 Å². The predicted molar refractivity (Wildman–Crippen MR) is 134 cm³/mol. The highest BCUT2D eigenvalue weighted by Crippen LogP contribution is 2.23. The number of hydrogen-bond donors (Lipinski definition) is 1. The highest BCUT2D eigenvalue weighted by Gasteiger charge is 2.09. The minimum absolute atomic E-state index is 0.492. The van der Waals surface area contributed by atoms with Gasteiger partial charge in [0.15, 0.2) is 0 Å². The Balaban J connectivity index is 1.32. The van der Waals surface area contributed by atoms with Gasteiger partial charge in [0.25, 0.3) is 0 Å². The average molecular weight is 430 g/mol. The van der Waals surface area contributed by atoms with Gasteiger partial charge in [-0.1, -0.05) is 48.5 Å². The molecule has 5 rings (SSSR count). The fourth-order valence-electron chi connectivity index (χ4n) is 3.87. The normalized spacial score (nSPS) is 11.6. The zero-order valence-corrected chi connectivity index (χ0v) is 18.6. The number of ether oxygens (including phenoxy) is 1. The van der Waals surface area contributed by atoms with Gasteiger partial charge in [-0.2, -0.15) is 5.26 Å². The molecule has 0 bridgehead atoms. The Morgan fingerprint density at radius 1 is 0.939 bits per heavy atom. The summed E-state index contributed by atoms with van der Waals surface area (Å²) >= 11 is 0. The Hall–Kier alpha value is -4.36. The minimum atomic E-state index is 0.492. The van der Waals surface area contributed by atoms with Crippen molar-refractivity contribution in [3.05, 3.63) is 107 Å². The molecule has 0 atom stereocenters. The molecule has 0 radical (unpaired) electrons. The van der Waals surface area contributed by atoms with Crippen LogP contribution in [-0.4, -0.2) is 9.97 Å². The molecule has 0 amide bonds. The molecule has 0 saturated carbocycles. The van der Waals surface area contributed by atoms with E-state index in [-0.39, 0.29) is 0 Å². The number of fused-ring (bicyclic) bond motifs is 2. The minimum Gasteiger partial charge on any atom is -0.489 e. The number of H-pyrrole nitrogens is 1. The van der Waals surface area contributed by atoms with E-state index in [1.807, 2.05) is 48.5 Å². The summed E-state index contributed by atoms with van der Waals surface area (Å²) in [6.07, 6.45) is 1.84. The van der Waals surface area contributed by atoms with Gasteiger partial charge in [0.1, 0.15) is 24.3 Å². The van der Waals surface area contributed by atoms with E-state index < -0.39 is 0 Å². The maximum Gasteiger partial charge on any atom is 0.149 e. The summed E-state index contributed by atoms with van der Waals surface area (Å²) in [4.78, 5) is 7.88. The monoisotopic (exact) mass is 429 g/mol. The molecule has 4 nitrogen and oxygen atoms in total. The van der Waals surface area contributed by atoms with Gasteiger partial charge in [-0.3, -0.25) is 0 Å². The van der Waals surface area contributed by atoms with Crippen molar-refractivity contribution in [2.75, 3.05) is 0 Å². The molecule has 0 aliphatic rings. The maximum atomic E-state index is 9.71. The number of benzene rings is 4. The van der Waals surface area contributed by atoms with Crippen molar-refractivity contribution in [3.8, 4) is 11.8 Å². The number of nitrogens with zero attached hydrogens (tertiary/aromatic N) is 2. The SMILES string of the molecule is Cc1cc2nc(C(C#N)=Cc3ccc(OCc4ccc5ccccc5c4)cc3)[nH]c2cc1C. The number of aromatic amines is 1. The molecule has 5 aromatic rings. The van der Waals surface area contributed by atoms with E-state index in [9.17, 15) is 5.26 Å². The van der Waals surface area contributed by atoms with Gasteiger partial charge >= 0.3 is 0 Å². The first-order valence-corrected chi connectivity index (χ1v) is 10.9. The van der Waals surface area contributed by atoms with Crippen molar-refractivity contribution in [1.29, 1.82) is 5.26 Å². The van der Waals surface area contributed by atoms with Crippen LogP contribution in [0.5, 0.6) is 5.75 Å². The van der Waals surface area contributed by atoms with Gasteiger partial charge in [-0.15, -0.1) is 0 Å². The fraction of sp³-hybridized carbons (Fsp3) is 0.103. The summed E-state index contributed by atoms with van der Waals surface area (Å²) in [5.41, 5.74) is 6.71. The van der Waals surface area contributed by atoms with Crippen molar-refractivity contribution < 1.29 is 4.74 Å². The smallest absolute Gasteiger partial charge is 0.149 e. The average Bonchev–Trinajstić information content (AvgIpc) is 3.24. The Kier molecular flexibility index (Phi) is 5.38. The number of aryl methyl sites for hydroxylation is 2. The van der Waals surface area contributed by atoms with Crippen LogP contribution in [0, 0.1) is 25.2 Å². The standard InChI is InChI=1S/C29H23N3O/c1-19-13-27-28(14-20(19)2)32-29(31-27)25(17-30)15-21-8-11-26(12-9-21)33-18-22-7-10-23-5-3-4-6-24(23)16-22/h3-16H,18H2,1-2H3,(H,31,32). The van der Waals surface area contributed by atoms with Crippen LogP contribution in [0.25, 0.3) is 33.5 Å². The van der Waals surface area contributed by atoms with E-state index in [0.29, 0.717) is 18.0 Å². The zero-order chi connectivity index (χ0) is 22.8. The topological polar surface area (TPSA) is 61.7 Å². The molecular formula is C29H23N3O. The number of aromatic nitrogens is 2. The molecule has 0 aliphatic carbocycles. The van der Waals surface area contributed by atoms with E-state index in [0.717, 1.165) is 27.9 Å². The number of imidazole rings is 1. The maximum absolute atomic E-state index is 9.71. The predicted octanol–water partition coefficient (Wildman–Crippen LogP) is 6.98. The second kappa shape index (κ2) is 8.64. The summed E-state index contributed by atoms with van der Waals surface area (Å²) in [5.74, 6) is 1.36. The van der Waals surface area contributed by atoms with E-state index >= 15 is 0 Å². The number of nitriles is 1. The van der Waals surface area contributed by atoms with E-state index in [2.05, 4.69) is 66.3 Å². The Bertz CT molecular complexity index is 1500. The second-order valence-electron chi connectivity index (χ2n) is 8.25. The van der Waals surface area contributed by atoms with Crippen LogP contribution in [0.15, 0.2) is 78.9 Å². The molecule has 4 heteroatoms. The number of rotatable bonds is 5. The fourth-order valence-corrected chi connectivity index (χ4v) is 3.87. The Labute approximate surface area is 192 Å². The van der Waals surface area contributed by atoms with Crippen molar-refractivity contribution in [2.45, 2.75) is 20.5 Å². The quantitative estimate of drug-likeness (QED) is 0.307. The first-order chi connectivity index (χ1) is 16.1. The first-order valence-electron chi connectivity index (χ1n) is 10.9. The Morgan fingerprint density at radius 2 is 1.70 bits per heavy atom. The number of allylic oxidation sites excluding steroid dienone is 1. The third-order valence-corrected chi connectivity index (χ3v) is 5.88. The summed E-state index contributed by atoms with van der Waals surface area (Å²) < 4.78 is 5.97. The summed E-state index contributed by atoms with van der Waals surface area (Å²) in [5, 5.41) is 12.1. The van der Waals surface area contributed by atoms with E-state index in [4.69, 9.17) is 4.74 Å². The van der Waals surface area contributed by atoms with Crippen LogP contribution in [0.2, 0.25) is 0 Å². The summed E-state index contributed by atoms with van der Waals surface area (Å²) in [6, 6.07) is 28.8. The van der Waals surface area contributed by atoms with Crippen molar-refractivity contribution in [3.63, 3.8) is 0 Å². The van der Waals surface area contributed by atoms with Gasteiger partial charge < -0.3 is 9.72 Å². The van der Waals surface area contributed by atoms with Gasteiger partial charge in [-0.05, 0) is 83.3 Å². The molecule has 160 valence electrons. The molecule has 0 unspecified atom stereocenters. The van der Waals surface area contributed by atoms with Crippen LogP contribution in [-0.2, 0) is 6.61 Å². The van der Waals surface area contributed by atoms with Crippen LogP contribution >= 0.6 is 0 Å². The van der Waals surface area contributed by atoms with Gasteiger partial charge in [0.05, 0.1) is 16.6 Å². The Morgan fingerprint density at radius 3 is 2.48 bits per heavy atom. The number of hydrogen-bond acceptors (Lipinski definition) is 3. The molecule has 0 saturated heterocycles. The van der Waals surface area contributed by atoms with Crippen LogP contribution in [0.3, 0.4) is 0 Å². The molecule has 33 heavy (non-hydrogen) atoms. The third-order valence-electron chi connectivity index (χ3n) is 5.88. The van der Waals surface area contributed by atoms with Crippen LogP contribution in [0.4, 0.5) is 0 Å². The molecular weight excluding hydrogens is 406 g/mol. The first kappa shape index (κ1) is 20.5. The molecule has 1 aromatic heterocycles. The summed E-state index contributed by atoms with van der Waals surface area (Å²) in [6.45, 7) is 4.63. The third kappa shape index (κ3) is 4.35. The molecule has 1 heterocycles. The van der Waals surface area contributed by atoms with E-state index in [1.54, 1.807) is 0 Å². The van der Waals surface area contributed by atoms with Crippen molar-refractivity contribution in [2.24, 2.45) is 0 Å². The lowest BCUT2D eigenvalue weighted by Gasteiger charge is -2.08. The highest BCUT2D eigenvalue weighted by molar-refractivity contribution is 5.90. The van der Waals surface area contributed by atoms with Gasteiger partial charge in [0.2, 0.25) is 0 Å². The molecule has 0 aliphatic heterocycles. The molecule has 4 aromatic carbocycles. The lowest BCUT2D eigenvalue weighted by atomic mass is 10.1. The van der Waals surface area contributed by atoms with E-state index in [1.165, 1.54) is 21.9 Å². The van der Waals surface area contributed by atoms with Gasteiger partial charge in [-0.25, -0.2) is 4.98 Å². The molecule has 0 fully saturated rings. The van der Waals surface area contributed by atoms with Crippen molar-refractivity contribution in [1.82, 2.24) is 9.97 Å². The zero-order valence-electron chi connectivity index (χ0n) is 18.6. The second-order valence-corrected chi connectivity index (χ2v) is 8.25. The largest absolute Gasteiger partial charge is 0.489 e. The molecule has 0 spiro atoms. The number of nitrogens with one attached hydrogen (secondary N) is 1. The van der Waals surface area contributed by atoms with Crippen molar-refractivity contribution >= 4 is 33.5 Å². The van der Waals surface area contributed by atoms with Crippen LogP contribution in [0.1, 0.15) is 28.1 Å². The summed E-state index contributed by atoms with van der Waals surface area (Å²) in [7, 11) is 0. The lowest BCUT2D eigenvalue weighted by Crippen LogP contribution is -1.95. The highest BCUT2D eigenvalue weighted by atomic mass is 16.5. The lowest BCUT2D eigenvalue weighted by molar-refractivity contribution is 0.306. The van der Waals surface area contributed by atoms with Gasteiger partial charge in [0, 0.05) is 0 Å². The molecule has 1 N–H and O–H groups in total.